The second-order valence-corrected chi connectivity index (χ2v) is 7.42. The summed E-state index contributed by atoms with van der Waals surface area (Å²) in [7, 11) is 0. The zero-order chi connectivity index (χ0) is 21.0. The third-order valence-corrected chi connectivity index (χ3v) is 5.26. The molecule has 2 aromatic carbocycles. The van der Waals surface area contributed by atoms with E-state index in [2.05, 4.69) is 30.0 Å². The van der Waals surface area contributed by atoms with Gasteiger partial charge in [0.1, 0.15) is 6.54 Å². The number of nitrogens with zero attached hydrogens (tertiary/aromatic N) is 3. The average Bonchev–Trinajstić information content (AvgIpc) is 2.72. The minimum absolute atomic E-state index is 0.000797. The molecule has 0 bridgehead atoms. The number of benzene rings is 2. The zero-order valence-electron chi connectivity index (χ0n) is 17.2. The molecule has 0 N–H and O–H groups in total. The highest BCUT2D eigenvalue weighted by atomic mass is 16.2. The molecule has 0 aromatic heterocycles. The van der Waals surface area contributed by atoms with Crippen molar-refractivity contribution in [2.24, 2.45) is 0 Å². The zero-order valence-corrected chi connectivity index (χ0v) is 17.2. The van der Waals surface area contributed by atoms with Crippen LogP contribution in [0.3, 0.4) is 0 Å². The van der Waals surface area contributed by atoms with Gasteiger partial charge in [-0.2, -0.15) is 0 Å². The lowest BCUT2D eigenvalue weighted by Crippen LogP contribution is -2.51. The van der Waals surface area contributed by atoms with Crippen LogP contribution in [0.5, 0.6) is 0 Å². The smallest absolute Gasteiger partial charge is 0.242 e. The first kappa shape index (κ1) is 20.6. The maximum absolute atomic E-state index is 12.8. The number of amides is 2. The fourth-order valence-corrected chi connectivity index (χ4v) is 3.53. The van der Waals surface area contributed by atoms with Gasteiger partial charge in [-0.1, -0.05) is 12.1 Å². The number of ketones is 1. The van der Waals surface area contributed by atoms with Gasteiger partial charge in [0.2, 0.25) is 11.8 Å². The van der Waals surface area contributed by atoms with Crippen molar-refractivity contribution in [2.45, 2.75) is 20.8 Å². The molecule has 0 unspecified atom stereocenters. The molecule has 0 atom stereocenters. The van der Waals surface area contributed by atoms with Crippen molar-refractivity contribution in [3.63, 3.8) is 0 Å². The predicted octanol–water partition coefficient (Wildman–Crippen LogP) is 2.90. The van der Waals surface area contributed by atoms with E-state index in [0.29, 0.717) is 24.3 Å². The van der Waals surface area contributed by atoms with E-state index >= 15 is 0 Å². The summed E-state index contributed by atoms with van der Waals surface area (Å²) < 4.78 is 0. The Morgan fingerprint density at radius 2 is 1.59 bits per heavy atom. The van der Waals surface area contributed by atoms with Crippen LogP contribution >= 0.6 is 0 Å². The van der Waals surface area contributed by atoms with Crippen LogP contribution in [0.1, 0.15) is 29.8 Å². The van der Waals surface area contributed by atoms with Gasteiger partial charge in [-0.25, -0.2) is 0 Å². The maximum atomic E-state index is 12.8. The molecule has 0 aliphatic carbocycles. The molecule has 1 saturated heterocycles. The largest absolute Gasteiger partial charge is 0.368 e. The Labute approximate surface area is 171 Å². The summed E-state index contributed by atoms with van der Waals surface area (Å²) in [5, 5.41) is 0. The van der Waals surface area contributed by atoms with Crippen molar-refractivity contribution in [3.05, 3.63) is 59.7 Å². The van der Waals surface area contributed by atoms with Gasteiger partial charge in [0.05, 0.1) is 0 Å². The van der Waals surface area contributed by atoms with Crippen LogP contribution in [-0.4, -0.2) is 55.2 Å². The number of hydrogen-bond donors (Lipinski definition) is 0. The summed E-state index contributed by atoms with van der Waals surface area (Å²) in [5.74, 6) is -0.305. The summed E-state index contributed by atoms with van der Waals surface area (Å²) in [6, 6.07) is 15.1. The minimum Gasteiger partial charge on any atom is -0.368 e. The molecule has 2 aromatic rings. The topological polar surface area (TPSA) is 60.9 Å². The quantitative estimate of drug-likeness (QED) is 0.733. The van der Waals surface area contributed by atoms with Gasteiger partial charge < -0.3 is 14.7 Å². The second kappa shape index (κ2) is 8.90. The normalized spacial score (nSPS) is 13.9. The summed E-state index contributed by atoms with van der Waals surface area (Å²) in [4.78, 5) is 41.9. The molecule has 1 fully saturated rings. The Morgan fingerprint density at radius 3 is 2.14 bits per heavy atom. The molecule has 152 valence electrons. The van der Waals surface area contributed by atoms with Crippen molar-refractivity contribution in [1.29, 1.82) is 0 Å². The van der Waals surface area contributed by atoms with E-state index in [1.165, 1.54) is 30.0 Å². The number of anilines is 2. The van der Waals surface area contributed by atoms with Crippen LogP contribution in [-0.2, 0) is 9.59 Å². The van der Waals surface area contributed by atoms with Crippen molar-refractivity contribution in [1.82, 2.24) is 4.90 Å². The molecular formula is C23H27N3O3. The number of carbonyl (C=O) groups excluding carboxylic acids is 3. The predicted molar refractivity (Wildman–Crippen MR) is 114 cm³/mol. The lowest BCUT2D eigenvalue weighted by atomic mass is 10.1. The van der Waals surface area contributed by atoms with Gasteiger partial charge >= 0.3 is 0 Å². The van der Waals surface area contributed by atoms with E-state index < -0.39 is 0 Å². The van der Waals surface area contributed by atoms with Crippen molar-refractivity contribution in [3.8, 4) is 0 Å². The molecule has 6 heteroatoms. The minimum atomic E-state index is -0.202. The summed E-state index contributed by atoms with van der Waals surface area (Å²) in [6.45, 7) is 7.80. The lowest BCUT2D eigenvalue weighted by molar-refractivity contribution is -0.131. The van der Waals surface area contributed by atoms with Crippen molar-refractivity contribution in [2.75, 3.05) is 42.5 Å². The van der Waals surface area contributed by atoms with E-state index in [4.69, 9.17) is 0 Å². The molecule has 3 rings (SSSR count). The molecule has 1 aliphatic rings. The molecule has 6 nitrogen and oxygen atoms in total. The summed E-state index contributed by atoms with van der Waals surface area (Å²) in [6.07, 6.45) is 0. The SMILES string of the molecule is CC(=O)c1ccc(N(CC(=O)N2CCN(c3cccc(C)c3)CC2)C(C)=O)cc1. The standard InChI is InChI=1S/C23H27N3O3/c1-17-5-4-6-22(15-17)24-11-13-25(14-12-24)23(29)16-26(19(3)28)21-9-7-20(8-10-21)18(2)27/h4-10,15H,11-14,16H2,1-3H3. The van der Waals surface area contributed by atoms with Gasteiger partial charge in [-0.3, -0.25) is 14.4 Å². The van der Waals surface area contributed by atoms with Crippen LogP contribution < -0.4 is 9.80 Å². The van der Waals surface area contributed by atoms with Crippen LogP contribution in [0.15, 0.2) is 48.5 Å². The molecule has 2 amide bonds. The fourth-order valence-electron chi connectivity index (χ4n) is 3.53. The highest BCUT2D eigenvalue weighted by Crippen LogP contribution is 2.19. The number of rotatable bonds is 5. The maximum Gasteiger partial charge on any atom is 0.242 e. The van der Waals surface area contributed by atoms with Crippen LogP contribution in [0.25, 0.3) is 0 Å². The second-order valence-electron chi connectivity index (χ2n) is 7.42. The number of hydrogen-bond acceptors (Lipinski definition) is 4. The Balaban J connectivity index is 1.62. The van der Waals surface area contributed by atoms with Gasteiger partial charge in [0.15, 0.2) is 5.78 Å². The fraction of sp³-hybridized carbons (Fsp3) is 0.348. The molecule has 0 radical (unpaired) electrons. The molecule has 1 heterocycles. The number of aryl methyl sites for hydroxylation is 1. The van der Waals surface area contributed by atoms with Gasteiger partial charge in [0.25, 0.3) is 0 Å². The molecular weight excluding hydrogens is 366 g/mol. The summed E-state index contributed by atoms with van der Waals surface area (Å²) >= 11 is 0. The van der Waals surface area contributed by atoms with Crippen molar-refractivity contribution >= 4 is 29.0 Å². The number of Topliss-reactive ketones (excluding diaryl/α,β-unsaturated/α-hetero) is 1. The highest BCUT2D eigenvalue weighted by Gasteiger charge is 2.24. The molecule has 1 aliphatic heterocycles. The summed E-state index contributed by atoms with van der Waals surface area (Å²) in [5.41, 5.74) is 3.59. The van der Waals surface area contributed by atoms with Crippen LogP contribution in [0.2, 0.25) is 0 Å². The molecule has 29 heavy (non-hydrogen) atoms. The average molecular weight is 393 g/mol. The Bertz CT molecular complexity index is 900. The van der Waals surface area contributed by atoms with Crippen LogP contribution in [0.4, 0.5) is 11.4 Å². The number of carbonyl (C=O) groups is 3. The van der Waals surface area contributed by atoms with E-state index in [-0.39, 0.29) is 24.1 Å². The van der Waals surface area contributed by atoms with E-state index in [1.54, 1.807) is 24.3 Å². The van der Waals surface area contributed by atoms with E-state index in [1.807, 2.05) is 11.0 Å². The first-order valence-electron chi connectivity index (χ1n) is 9.83. The van der Waals surface area contributed by atoms with E-state index in [0.717, 1.165) is 13.1 Å². The third-order valence-electron chi connectivity index (χ3n) is 5.26. The molecule has 0 spiro atoms. The first-order chi connectivity index (χ1) is 13.8. The molecule has 0 saturated carbocycles. The first-order valence-corrected chi connectivity index (χ1v) is 9.83. The number of piperazine rings is 1. The lowest BCUT2D eigenvalue weighted by Gasteiger charge is -2.37. The monoisotopic (exact) mass is 393 g/mol. The Kier molecular flexibility index (Phi) is 6.32. The Hall–Kier alpha value is -3.15. The van der Waals surface area contributed by atoms with Crippen LogP contribution in [0, 0.1) is 6.92 Å². The van der Waals surface area contributed by atoms with Gasteiger partial charge in [0, 0.05) is 50.0 Å². The third kappa shape index (κ3) is 5.02. The van der Waals surface area contributed by atoms with Gasteiger partial charge in [-0.05, 0) is 55.8 Å². The Morgan fingerprint density at radius 1 is 0.931 bits per heavy atom. The van der Waals surface area contributed by atoms with E-state index in [9.17, 15) is 14.4 Å². The van der Waals surface area contributed by atoms with Gasteiger partial charge in [-0.15, -0.1) is 0 Å². The highest BCUT2D eigenvalue weighted by molar-refractivity contribution is 5.99. The van der Waals surface area contributed by atoms with Crippen molar-refractivity contribution < 1.29 is 14.4 Å².